The Kier molecular flexibility index (Phi) is 4.57. The summed E-state index contributed by atoms with van der Waals surface area (Å²) in [6.07, 6.45) is 2.46. The molecule has 2 aliphatic heterocycles. The predicted octanol–water partition coefficient (Wildman–Crippen LogP) is 1.25. The first kappa shape index (κ1) is 18.0. The summed E-state index contributed by atoms with van der Waals surface area (Å²) in [6, 6.07) is 12.8. The van der Waals surface area contributed by atoms with Gasteiger partial charge in [-0.2, -0.15) is 0 Å². The molecule has 3 aromatic rings. The second-order valence-corrected chi connectivity index (χ2v) is 10.9. The number of hydrogen-bond acceptors (Lipinski definition) is 6. The van der Waals surface area contributed by atoms with Crippen LogP contribution in [0.25, 0.3) is 20.7 Å². The number of benzene rings is 1. The zero-order chi connectivity index (χ0) is 19.1. The van der Waals surface area contributed by atoms with Crippen LogP contribution in [0.5, 0.6) is 0 Å². The number of hydrogen-bond donors (Lipinski definition) is 1. The van der Waals surface area contributed by atoms with Crippen LogP contribution in [-0.2, 0) is 9.84 Å². The quantitative estimate of drug-likeness (QED) is 0.697. The molecule has 0 unspecified atom stereocenters. The van der Waals surface area contributed by atoms with Crippen molar-refractivity contribution in [2.24, 2.45) is 0 Å². The van der Waals surface area contributed by atoms with E-state index in [4.69, 9.17) is 0 Å². The molecular weight excluding hydrogens is 392 g/mol. The van der Waals surface area contributed by atoms with Crippen molar-refractivity contribution in [3.8, 4) is 10.4 Å². The van der Waals surface area contributed by atoms with Gasteiger partial charge in [-0.1, -0.05) is 30.3 Å². The average Bonchev–Trinajstić information content (AvgIpc) is 3.32. The Balaban J connectivity index is 1.36. The van der Waals surface area contributed by atoms with Crippen LogP contribution in [0, 0.1) is 0 Å². The zero-order valence-corrected chi connectivity index (χ0v) is 17.2. The standard InChI is InChI=1S/C20H22N4O2S2/c25-28(26)11-6-16(13-28)23-7-9-24(10-8-23)19-17-12-18(15-4-2-1-3-5-15)27-20(17)22-14-21-19/h1-5,12,14,16H,6-11,13H2/p+1/t16-/m1/s1. The molecule has 2 aromatic heterocycles. The third kappa shape index (κ3) is 3.40. The Morgan fingerprint density at radius 1 is 1.11 bits per heavy atom. The van der Waals surface area contributed by atoms with Crippen LogP contribution >= 0.6 is 11.3 Å². The van der Waals surface area contributed by atoms with E-state index in [2.05, 4.69) is 45.2 Å². The number of thiophene rings is 1. The number of nitrogens with zero attached hydrogens (tertiary/aromatic N) is 3. The fourth-order valence-corrected chi connectivity index (χ4v) is 7.20. The van der Waals surface area contributed by atoms with Crippen molar-refractivity contribution in [1.29, 1.82) is 0 Å². The van der Waals surface area contributed by atoms with Gasteiger partial charge in [0.25, 0.3) is 0 Å². The lowest BCUT2D eigenvalue weighted by molar-refractivity contribution is -0.922. The van der Waals surface area contributed by atoms with Crippen LogP contribution < -0.4 is 9.80 Å². The van der Waals surface area contributed by atoms with Crippen LogP contribution in [0.15, 0.2) is 42.7 Å². The second kappa shape index (κ2) is 7.09. The number of piperazine rings is 1. The topological polar surface area (TPSA) is 67.6 Å². The highest BCUT2D eigenvalue weighted by atomic mass is 32.2. The summed E-state index contributed by atoms with van der Waals surface area (Å²) in [7, 11) is -2.82. The van der Waals surface area contributed by atoms with Crippen LogP contribution in [0.4, 0.5) is 5.82 Å². The van der Waals surface area contributed by atoms with Gasteiger partial charge in [-0.3, -0.25) is 0 Å². The Morgan fingerprint density at radius 3 is 2.61 bits per heavy atom. The number of anilines is 1. The zero-order valence-electron chi connectivity index (χ0n) is 15.5. The van der Waals surface area contributed by atoms with Gasteiger partial charge in [-0.05, 0) is 11.6 Å². The molecule has 0 spiro atoms. The lowest BCUT2D eigenvalue weighted by Gasteiger charge is -2.35. The second-order valence-electron chi connectivity index (χ2n) is 7.64. The van der Waals surface area contributed by atoms with Crippen LogP contribution in [0.2, 0.25) is 0 Å². The number of nitrogens with one attached hydrogen (secondary N) is 1. The first-order valence-electron chi connectivity index (χ1n) is 9.69. The molecule has 0 aliphatic carbocycles. The highest BCUT2D eigenvalue weighted by molar-refractivity contribution is 7.91. The SMILES string of the molecule is O=S1(=O)CC[C@@H]([NH+]2CCN(c3ncnc4sc(-c5ccccc5)cc34)CC2)C1. The third-order valence-corrected chi connectivity index (χ3v) is 8.74. The monoisotopic (exact) mass is 415 g/mol. The summed E-state index contributed by atoms with van der Waals surface area (Å²) in [6.45, 7) is 3.71. The molecule has 0 bridgehead atoms. The first-order valence-corrected chi connectivity index (χ1v) is 12.3. The molecule has 1 aromatic carbocycles. The molecule has 1 N–H and O–H groups in total. The Bertz CT molecular complexity index is 1090. The number of quaternary nitrogens is 1. The van der Waals surface area contributed by atoms with Gasteiger partial charge in [-0.15, -0.1) is 11.3 Å². The number of sulfone groups is 1. The van der Waals surface area contributed by atoms with Crippen molar-refractivity contribution < 1.29 is 13.3 Å². The minimum absolute atomic E-state index is 0.267. The molecule has 5 rings (SSSR count). The maximum Gasteiger partial charge on any atom is 0.156 e. The molecule has 2 aliphatic rings. The predicted molar refractivity (Wildman–Crippen MR) is 113 cm³/mol. The molecular formula is C20H23N4O2S2+. The van der Waals surface area contributed by atoms with E-state index in [0.717, 1.165) is 48.6 Å². The van der Waals surface area contributed by atoms with E-state index < -0.39 is 9.84 Å². The fraction of sp³-hybridized carbons (Fsp3) is 0.400. The number of fused-ring (bicyclic) bond motifs is 1. The Hall–Kier alpha value is -2.03. The van der Waals surface area contributed by atoms with Crippen molar-refractivity contribution >= 4 is 37.2 Å². The van der Waals surface area contributed by atoms with Gasteiger partial charge in [0.15, 0.2) is 9.84 Å². The minimum atomic E-state index is -2.82. The summed E-state index contributed by atoms with van der Waals surface area (Å²) in [4.78, 5) is 15.1. The van der Waals surface area contributed by atoms with Crippen LogP contribution in [0.1, 0.15) is 6.42 Å². The molecule has 2 saturated heterocycles. The van der Waals surface area contributed by atoms with E-state index in [9.17, 15) is 8.42 Å². The van der Waals surface area contributed by atoms with Crippen molar-refractivity contribution in [3.05, 3.63) is 42.7 Å². The normalized spacial score (nSPS) is 22.7. The van der Waals surface area contributed by atoms with E-state index in [1.54, 1.807) is 17.7 Å². The molecule has 4 heterocycles. The van der Waals surface area contributed by atoms with Crippen molar-refractivity contribution in [2.75, 3.05) is 42.6 Å². The van der Waals surface area contributed by atoms with Crippen molar-refractivity contribution in [3.63, 3.8) is 0 Å². The van der Waals surface area contributed by atoms with E-state index in [0.29, 0.717) is 11.5 Å². The largest absolute Gasteiger partial charge is 0.345 e. The lowest BCUT2D eigenvalue weighted by atomic mass is 10.1. The third-order valence-electron chi connectivity index (χ3n) is 5.88. The molecule has 0 amide bonds. The summed E-state index contributed by atoms with van der Waals surface area (Å²) < 4.78 is 23.6. The summed E-state index contributed by atoms with van der Waals surface area (Å²) >= 11 is 1.70. The average molecular weight is 416 g/mol. The molecule has 6 nitrogen and oxygen atoms in total. The van der Waals surface area contributed by atoms with Gasteiger partial charge in [0.05, 0.1) is 37.3 Å². The van der Waals surface area contributed by atoms with E-state index in [1.807, 2.05) is 6.07 Å². The van der Waals surface area contributed by atoms with Gasteiger partial charge in [0, 0.05) is 11.3 Å². The summed E-state index contributed by atoms with van der Waals surface area (Å²) in [5.41, 5.74) is 1.20. The molecule has 28 heavy (non-hydrogen) atoms. The summed E-state index contributed by atoms with van der Waals surface area (Å²) in [5.74, 6) is 1.71. The first-order chi connectivity index (χ1) is 13.6. The van der Waals surface area contributed by atoms with Crippen LogP contribution in [0.3, 0.4) is 0 Å². The van der Waals surface area contributed by atoms with Gasteiger partial charge in [-0.25, -0.2) is 18.4 Å². The molecule has 146 valence electrons. The van der Waals surface area contributed by atoms with Crippen molar-refractivity contribution in [1.82, 2.24) is 9.97 Å². The molecule has 2 fully saturated rings. The maximum absolute atomic E-state index is 11.8. The fourth-order valence-electron chi connectivity index (χ4n) is 4.37. The van der Waals surface area contributed by atoms with Crippen LogP contribution in [-0.4, -0.2) is 62.1 Å². The number of aromatic nitrogens is 2. The van der Waals surface area contributed by atoms with Crippen molar-refractivity contribution in [2.45, 2.75) is 12.5 Å². The Morgan fingerprint density at radius 2 is 1.89 bits per heavy atom. The molecule has 0 radical (unpaired) electrons. The van der Waals surface area contributed by atoms with E-state index >= 15 is 0 Å². The van der Waals surface area contributed by atoms with Gasteiger partial charge >= 0.3 is 0 Å². The number of rotatable bonds is 3. The smallest absolute Gasteiger partial charge is 0.156 e. The van der Waals surface area contributed by atoms with Gasteiger partial charge in [0.1, 0.15) is 28.8 Å². The van der Waals surface area contributed by atoms with Gasteiger partial charge in [0.2, 0.25) is 0 Å². The molecule has 1 atom stereocenters. The lowest BCUT2D eigenvalue weighted by Crippen LogP contribution is -3.18. The molecule has 8 heteroatoms. The highest BCUT2D eigenvalue weighted by Gasteiger charge is 2.37. The molecule has 0 saturated carbocycles. The maximum atomic E-state index is 11.8. The van der Waals surface area contributed by atoms with E-state index in [1.165, 1.54) is 15.3 Å². The van der Waals surface area contributed by atoms with E-state index in [-0.39, 0.29) is 6.04 Å². The minimum Gasteiger partial charge on any atom is -0.345 e. The highest BCUT2D eigenvalue weighted by Crippen LogP contribution is 2.35. The Labute approximate surface area is 168 Å². The van der Waals surface area contributed by atoms with Gasteiger partial charge < -0.3 is 9.80 Å². The summed E-state index contributed by atoms with van der Waals surface area (Å²) in [5, 5.41) is 1.11.